The summed E-state index contributed by atoms with van der Waals surface area (Å²) in [5, 5.41) is 4.90. The number of fused-ring (bicyclic) bond motifs is 1. The van der Waals surface area contributed by atoms with Crippen LogP contribution in [-0.2, 0) is 28.7 Å². The number of anilines is 2. The summed E-state index contributed by atoms with van der Waals surface area (Å²) in [6.07, 6.45) is 7.15. The van der Waals surface area contributed by atoms with Gasteiger partial charge in [0.1, 0.15) is 27.5 Å². The first-order valence-electron chi connectivity index (χ1n) is 17.7. The van der Waals surface area contributed by atoms with Gasteiger partial charge in [-0.15, -0.1) is 23.5 Å². The monoisotopic (exact) mass is 850 g/mol. The van der Waals surface area contributed by atoms with E-state index in [4.69, 9.17) is 18.6 Å². The van der Waals surface area contributed by atoms with Gasteiger partial charge in [0, 0.05) is 48.9 Å². The predicted octanol–water partition coefficient (Wildman–Crippen LogP) is 5.98. The van der Waals surface area contributed by atoms with Crippen molar-refractivity contribution in [3.8, 4) is 5.75 Å². The number of carbonyl (C=O) groups is 6. The third-order valence-electron chi connectivity index (χ3n) is 9.31. The molecule has 4 atom stereocenters. The van der Waals surface area contributed by atoms with E-state index < -0.39 is 22.2 Å². The zero-order valence-electron chi connectivity index (χ0n) is 31.8. The lowest BCUT2D eigenvalue weighted by atomic mass is 9.84. The first-order chi connectivity index (χ1) is 26.0. The number of thioether (sulfide) groups is 2. The van der Waals surface area contributed by atoms with Crippen molar-refractivity contribution in [2.45, 2.75) is 76.7 Å². The first-order valence-corrected chi connectivity index (χ1v) is 20.3. The molecular weight excluding hydrogens is 793 g/mol. The smallest absolute Gasteiger partial charge is 0.411 e. The zero-order valence-corrected chi connectivity index (χ0v) is 33.4. The normalized spacial score (nSPS) is 18.4. The number of methoxy groups -OCH3 is 1. The van der Waals surface area contributed by atoms with E-state index in [0.717, 1.165) is 5.69 Å². The van der Waals surface area contributed by atoms with Crippen molar-refractivity contribution in [1.82, 2.24) is 0 Å². The summed E-state index contributed by atoms with van der Waals surface area (Å²) in [6.45, 7) is 0.377. The van der Waals surface area contributed by atoms with Gasteiger partial charge in [-0.2, -0.15) is 0 Å². The molecule has 0 spiro atoms. The van der Waals surface area contributed by atoms with Crippen LogP contribution in [0.3, 0.4) is 0 Å². The third-order valence-corrected chi connectivity index (χ3v) is 11.2. The molecule has 15 nitrogen and oxygen atoms in total. The van der Waals surface area contributed by atoms with Crippen LogP contribution in [-0.4, -0.2) is 96.5 Å². The average molecular weight is 851 g/mol. The zero-order chi connectivity index (χ0) is 39.2. The van der Waals surface area contributed by atoms with Crippen LogP contribution < -0.4 is 21.0 Å². The van der Waals surface area contributed by atoms with Gasteiger partial charge in [-0.25, -0.2) is 14.4 Å². The Morgan fingerprint density at radius 1 is 0.776 bits per heavy atom. The fourth-order valence-corrected chi connectivity index (χ4v) is 8.00. The highest BCUT2D eigenvalue weighted by Crippen LogP contribution is 2.30. The minimum absolute atomic E-state index is 0. The van der Waals surface area contributed by atoms with Crippen LogP contribution in [0.4, 0.5) is 16.2 Å². The molecule has 2 fully saturated rings. The van der Waals surface area contributed by atoms with Crippen molar-refractivity contribution in [2.75, 3.05) is 50.5 Å². The summed E-state index contributed by atoms with van der Waals surface area (Å²) in [5.41, 5.74) is 0.847. The van der Waals surface area contributed by atoms with Gasteiger partial charge in [0.15, 0.2) is 23.1 Å². The highest BCUT2D eigenvalue weighted by molar-refractivity contribution is 8.00. The van der Waals surface area contributed by atoms with Gasteiger partial charge in [0.25, 0.3) is 0 Å². The number of hydrogen-bond acceptors (Lipinski definition) is 14. The van der Waals surface area contributed by atoms with Gasteiger partial charge in [0.2, 0.25) is 0 Å². The molecule has 4 unspecified atom stereocenters. The second kappa shape index (κ2) is 26.3. The largest absolute Gasteiger partial charge is 0.497 e. The van der Waals surface area contributed by atoms with Crippen LogP contribution in [0, 0.1) is 11.8 Å². The molecule has 1 heterocycles. The van der Waals surface area contributed by atoms with Crippen molar-refractivity contribution < 1.29 is 58.3 Å². The lowest BCUT2D eigenvalue weighted by Crippen LogP contribution is -2.37. The summed E-state index contributed by atoms with van der Waals surface area (Å²) >= 11 is 2.59. The Kier molecular flexibility index (Phi) is 24.2. The lowest BCUT2D eigenvalue weighted by molar-refractivity contribution is -0.133. The predicted molar refractivity (Wildman–Crippen MR) is 230 cm³/mol. The van der Waals surface area contributed by atoms with Gasteiger partial charge in [0.05, 0.1) is 25.9 Å². The van der Waals surface area contributed by atoms with Gasteiger partial charge in [-0.1, -0.05) is 27.0 Å². The quantitative estimate of drug-likeness (QED) is 0.0820. The van der Waals surface area contributed by atoms with Crippen molar-refractivity contribution >= 4 is 81.1 Å². The van der Waals surface area contributed by atoms with Crippen LogP contribution in [0.5, 0.6) is 5.75 Å². The van der Waals surface area contributed by atoms with Gasteiger partial charge in [-0.05, 0) is 81.4 Å². The lowest BCUT2D eigenvalue weighted by Gasteiger charge is -2.25. The molecule has 5 rings (SSSR count). The Morgan fingerprint density at radius 3 is 1.86 bits per heavy atom. The second-order valence-corrected chi connectivity index (χ2v) is 14.7. The Bertz CT molecular complexity index is 1900. The maximum Gasteiger partial charge on any atom is 0.411 e. The Balaban J connectivity index is 0.00000107. The summed E-state index contributed by atoms with van der Waals surface area (Å²) in [7, 11) is 3.26. The molecule has 6 N–H and O–H groups in total. The number of nitrogens with one attached hydrogen (secondary N) is 2. The summed E-state index contributed by atoms with van der Waals surface area (Å²) in [4.78, 5) is 84.2. The number of hydrogen-bond donors (Lipinski definition) is 2. The van der Waals surface area contributed by atoms with Gasteiger partial charge < -0.3 is 34.9 Å². The molecule has 0 bridgehead atoms. The molecule has 322 valence electrons. The number of esters is 1. The third kappa shape index (κ3) is 14.3. The highest BCUT2D eigenvalue weighted by Gasteiger charge is 2.37. The van der Waals surface area contributed by atoms with Crippen LogP contribution in [0.2, 0.25) is 0 Å². The summed E-state index contributed by atoms with van der Waals surface area (Å²) in [5.74, 6) is -0.0626. The van der Waals surface area contributed by atoms with E-state index in [1.54, 1.807) is 49.9 Å². The molecule has 17 heteroatoms. The van der Waals surface area contributed by atoms with E-state index in [1.807, 2.05) is 12.1 Å². The number of ether oxygens (including phenoxy) is 3. The molecule has 2 aromatic carbocycles. The van der Waals surface area contributed by atoms with Crippen molar-refractivity contribution in [1.29, 1.82) is 0 Å². The van der Waals surface area contributed by atoms with E-state index in [9.17, 15) is 33.6 Å². The minimum atomic E-state index is -0.776. The number of ketones is 4. The van der Waals surface area contributed by atoms with Crippen molar-refractivity contribution in [2.24, 2.45) is 11.8 Å². The molecule has 2 saturated carbocycles. The molecular formula is C41H58N2O13S2. The Labute approximate surface area is 347 Å². The molecule has 2 aliphatic rings. The molecule has 58 heavy (non-hydrogen) atoms. The highest BCUT2D eigenvalue weighted by atomic mass is 32.2. The maximum atomic E-state index is 12.3. The fraction of sp³-hybridized carbons (Fsp3) is 0.488. The average Bonchev–Trinajstić information content (AvgIpc) is 3.17. The second-order valence-electron chi connectivity index (χ2n) is 12.8. The van der Waals surface area contributed by atoms with Crippen LogP contribution in [0.15, 0.2) is 57.7 Å². The van der Waals surface area contributed by atoms with E-state index in [2.05, 4.69) is 10.6 Å². The number of rotatable bonds is 14. The van der Waals surface area contributed by atoms with Gasteiger partial charge >= 0.3 is 17.7 Å². The van der Waals surface area contributed by atoms with Crippen molar-refractivity contribution in [3.05, 3.63) is 64.5 Å². The summed E-state index contributed by atoms with van der Waals surface area (Å²) < 4.78 is 20.7. The molecule has 0 radical (unpaired) electrons. The molecule has 2 aliphatic carbocycles. The molecule has 1 aromatic heterocycles. The van der Waals surface area contributed by atoms with Crippen molar-refractivity contribution in [3.63, 3.8) is 0 Å². The Morgan fingerprint density at radius 2 is 1.33 bits per heavy atom. The number of para-hydroxylation sites is 1. The van der Waals surface area contributed by atoms with E-state index in [-0.39, 0.29) is 85.6 Å². The molecule has 0 aliphatic heterocycles. The first kappa shape index (κ1) is 53.3. The molecule has 0 saturated heterocycles. The van der Waals surface area contributed by atoms with E-state index >= 15 is 0 Å². The minimum Gasteiger partial charge on any atom is -0.497 e. The maximum absolute atomic E-state index is 12.3. The Hall–Kier alpha value is -4.71. The SMILES string of the molecule is C.C.CNc1ccccc1C(=O)OCCCC1CCC(=O)C(SC)C1=O.COc1ccc2cc(NC(=O)OCCCC3CCC(=O)C(SC)C3=O)c(=O)oc2c1.O.O. The van der Waals surface area contributed by atoms with Crippen LogP contribution >= 0.6 is 23.5 Å². The van der Waals surface area contributed by atoms with Crippen LogP contribution in [0.1, 0.15) is 76.6 Å². The molecule has 1 amide bonds. The summed E-state index contributed by atoms with van der Waals surface area (Å²) in [6, 6.07) is 13.7. The molecule has 3 aromatic rings. The van der Waals surface area contributed by atoms with Gasteiger partial charge in [-0.3, -0.25) is 24.5 Å². The number of amides is 1. The van der Waals surface area contributed by atoms with E-state index in [0.29, 0.717) is 73.6 Å². The number of benzene rings is 2. The number of carbonyl (C=O) groups excluding carboxylic acids is 6. The van der Waals surface area contributed by atoms with E-state index in [1.165, 1.54) is 36.7 Å². The fourth-order valence-electron chi connectivity index (χ4n) is 6.39. The standard InChI is InChI=1S/C21H23NO7S.C18H23NO4S.2CH4.2H2O/c1-27-14-7-5-13-10-15(20(25)29-17(13)11-14)22-21(26)28-9-3-4-12-6-8-16(23)19(30-2)18(12)24;1-19-14-8-4-3-7-13(14)18(22)23-11-5-6-12-9-10-15(20)17(24-2)16(12)21;;;;/h5,7,10-12,19H,3-4,6,8-9H2,1-2H3,(H,22,26);3-4,7-8,12,17,19H,5-6,9-11H2,1-2H3;2*1H4;2*1H2. The van der Waals surface area contributed by atoms with Crippen LogP contribution in [0.25, 0.3) is 11.0 Å². The number of Topliss-reactive ketones (excluding diaryl/α,β-unsaturated/α-hetero) is 4. The topological polar surface area (TPSA) is 247 Å².